The first kappa shape index (κ1) is 34.3. The molecule has 1 N–H and O–H groups in total. The second kappa shape index (κ2) is 14.3. The van der Waals surface area contributed by atoms with Gasteiger partial charge in [-0.25, -0.2) is 0 Å². The molecule has 0 atom stereocenters. The monoisotopic (exact) mass is 779 g/mol. The summed E-state index contributed by atoms with van der Waals surface area (Å²) in [5.41, 5.74) is 8.71. The molecule has 237 valence electrons. The number of aliphatic hydroxyl groups is 1. The van der Waals surface area contributed by atoms with Gasteiger partial charge in [-0.2, -0.15) is 0 Å². The number of para-hydroxylation sites is 1. The maximum Gasteiger partial charge on any atom is 0.162 e. The summed E-state index contributed by atoms with van der Waals surface area (Å²) in [6.07, 6.45) is 4.91. The third-order valence-electron chi connectivity index (χ3n) is 9.27. The van der Waals surface area contributed by atoms with Crippen LogP contribution in [0.25, 0.3) is 44.5 Å². The van der Waals surface area contributed by atoms with Gasteiger partial charge >= 0.3 is 0 Å². The summed E-state index contributed by atoms with van der Waals surface area (Å²) in [6, 6.07) is 26.6. The van der Waals surface area contributed by atoms with Crippen LogP contribution < -0.4 is 0 Å². The molecule has 2 aromatic heterocycles. The standard InChI is InChI=1S/C27H20NO.C13H24O2.Ir/c1-16-11-13-21-17(15-16)12-14-22(28-21)18-8-6-9-20-24(18)27(2,3)25-19-7-4-5-10-23(19)29-26(20)25;1-5-10(6-2)12(14)9-13(15)11(7-3)8-4;/h4-7,9-15H,1-3H3;9-11,14H,5-8H2,1-4H3;/q-1;;/b;12-9-;. The molecule has 0 aliphatic heterocycles. The van der Waals surface area contributed by atoms with Crippen molar-refractivity contribution in [2.24, 2.45) is 11.8 Å². The van der Waals surface area contributed by atoms with Crippen LogP contribution in [0.1, 0.15) is 83.9 Å². The summed E-state index contributed by atoms with van der Waals surface area (Å²) in [6.45, 7) is 14.7. The minimum absolute atomic E-state index is 0. The van der Waals surface area contributed by atoms with Crippen molar-refractivity contribution in [2.75, 3.05) is 0 Å². The fourth-order valence-corrected chi connectivity index (χ4v) is 6.68. The van der Waals surface area contributed by atoms with E-state index in [0.717, 1.165) is 59.4 Å². The molecule has 1 aliphatic carbocycles. The predicted octanol–water partition coefficient (Wildman–Crippen LogP) is 10.9. The van der Waals surface area contributed by atoms with Crippen molar-refractivity contribution in [1.29, 1.82) is 0 Å². The van der Waals surface area contributed by atoms with Crippen molar-refractivity contribution >= 4 is 27.7 Å². The number of ketones is 1. The fourth-order valence-electron chi connectivity index (χ4n) is 6.68. The van der Waals surface area contributed by atoms with Gasteiger partial charge in [-0.05, 0) is 67.3 Å². The maximum atomic E-state index is 11.7. The molecule has 1 aliphatic rings. The van der Waals surface area contributed by atoms with Crippen molar-refractivity contribution in [3.05, 3.63) is 101 Å². The molecule has 0 fully saturated rings. The Balaban J connectivity index is 0.000000249. The first-order valence-corrected chi connectivity index (χ1v) is 16.0. The van der Waals surface area contributed by atoms with Crippen LogP contribution in [0, 0.1) is 24.8 Å². The molecule has 4 nitrogen and oxygen atoms in total. The Morgan fingerprint density at radius 2 is 1.62 bits per heavy atom. The zero-order valence-corrected chi connectivity index (χ0v) is 29.9. The second-order valence-corrected chi connectivity index (χ2v) is 12.5. The first-order valence-electron chi connectivity index (χ1n) is 16.0. The summed E-state index contributed by atoms with van der Waals surface area (Å²) in [4.78, 5) is 16.7. The Hall–Kier alpha value is -3.53. The van der Waals surface area contributed by atoms with Crippen LogP contribution in [-0.2, 0) is 30.3 Å². The van der Waals surface area contributed by atoms with Crippen molar-refractivity contribution in [1.82, 2.24) is 4.98 Å². The maximum absolute atomic E-state index is 11.7. The van der Waals surface area contributed by atoms with Crippen LogP contribution in [0.4, 0.5) is 0 Å². The van der Waals surface area contributed by atoms with Gasteiger partial charge in [0.05, 0.1) is 11.3 Å². The van der Waals surface area contributed by atoms with Crippen molar-refractivity contribution in [3.63, 3.8) is 0 Å². The molecule has 5 heteroatoms. The van der Waals surface area contributed by atoms with E-state index in [1.165, 1.54) is 33.5 Å². The number of benzene rings is 3. The van der Waals surface area contributed by atoms with Gasteiger partial charge in [-0.1, -0.05) is 89.1 Å². The van der Waals surface area contributed by atoms with E-state index in [9.17, 15) is 9.90 Å². The normalized spacial score (nSPS) is 13.4. The van der Waals surface area contributed by atoms with Crippen LogP contribution in [0.3, 0.4) is 0 Å². The van der Waals surface area contributed by atoms with Crippen molar-refractivity contribution in [2.45, 2.75) is 79.6 Å². The van der Waals surface area contributed by atoms with Crippen LogP contribution in [0.2, 0.25) is 0 Å². The van der Waals surface area contributed by atoms with E-state index in [2.05, 4.69) is 75.4 Å². The molecule has 0 bridgehead atoms. The molecule has 0 unspecified atom stereocenters. The predicted molar refractivity (Wildman–Crippen MR) is 182 cm³/mol. The number of nitrogens with zero attached hydrogens (tertiary/aromatic N) is 1. The van der Waals surface area contributed by atoms with Crippen molar-refractivity contribution < 1.29 is 34.4 Å². The number of allylic oxidation sites excluding steroid dienone is 2. The summed E-state index contributed by atoms with van der Waals surface area (Å²) in [5, 5.41) is 12.1. The molecular formula is C40H44IrNO3-. The first-order chi connectivity index (χ1) is 21.1. The fraction of sp³-hybridized carbons (Fsp3) is 0.350. The number of carbonyl (C=O) groups is 1. The number of pyridine rings is 1. The van der Waals surface area contributed by atoms with E-state index < -0.39 is 0 Å². The van der Waals surface area contributed by atoms with E-state index in [1.54, 1.807) is 0 Å². The van der Waals surface area contributed by atoms with E-state index in [0.29, 0.717) is 0 Å². The van der Waals surface area contributed by atoms with Gasteiger partial charge in [-0.15, -0.1) is 29.3 Å². The van der Waals surface area contributed by atoms with Gasteiger partial charge in [0.1, 0.15) is 11.3 Å². The average molecular weight is 779 g/mol. The Morgan fingerprint density at radius 3 is 2.31 bits per heavy atom. The molecule has 0 saturated heterocycles. The molecule has 0 spiro atoms. The molecule has 3 aromatic carbocycles. The van der Waals surface area contributed by atoms with E-state index >= 15 is 0 Å². The Labute approximate surface area is 281 Å². The molecule has 6 rings (SSSR count). The zero-order valence-electron chi connectivity index (χ0n) is 27.5. The molecule has 2 heterocycles. The van der Waals surface area contributed by atoms with Gasteiger partial charge in [0.15, 0.2) is 5.78 Å². The van der Waals surface area contributed by atoms with Gasteiger partial charge < -0.3 is 9.52 Å². The van der Waals surface area contributed by atoms with E-state index in [-0.39, 0.29) is 48.9 Å². The Morgan fingerprint density at radius 1 is 0.933 bits per heavy atom. The third-order valence-corrected chi connectivity index (χ3v) is 9.27. The topological polar surface area (TPSA) is 63.3 Å². The molecule has 1 radical (unpaired) electrons. The van der Waals surface area contributed by atoms with Gasteiger partial charge in [0.2, 0.25) is 0 Å². The number of furan rings is 1. The molecule has 0 saturated carbocycles. The van der Waals surface area contributed by atoms with E-state index in [1.807, 2.05) is 45.9 Å². The minimum Gasteiger partial charge on any atom is -0.512 e. The number of aromatic nitrogens is 1. The van der Waals surface area contributed by atoms with E-state index in [4.69, 9.17) is 9.40 Å². The molecule has 0 amide bonds. The SMILES string of the molecule is CCC(CC)C(=O)/C=C(\O)C(CC)CC.Cc1ccc2nc(-c3[c-]ccc4c3C(C)(C)c3c-4oc4ccccc34)ccc2c1.[Ir]. The van der Waals surface area contributed by atoms with Crippen LogP contribution in [-0.4, -0.2) is 15.9 Å². The number of carbonyl (C=O) groups excluding carboxylic acids is 1. The quantitative estimate of drug-likeness (QED) is 0.0968. The second-order valence-electron chi connectivity index (χ2n) is 12.5. The molecule has 5 aromatic rings. The summed E-state index contributed by atoms with van der Waals surface area (Å²) < 4.78 is 6.31. The molecular weight excluding hydrogens is 735 g/mol. The largest absolute Gasteiger partial charge is 0.512 e. The summed E-state index contributed by atoms with van der Waals surface area (Å²) in [5.74, 6) is 1.53. The van der Waals surface area contributed by atoms with Crippen LogP contribution in [0.15, 0.2) is 83.0 Å². The molecule has 45 heavy (non-hydrogen) atoms. The van der Waals surface area contributed by atoms with Crippen LogP contribution in [0.5, 0.6) is 0 Å². The van der Waals surface area contributed by atoms with Gasteiger partial charge in [0, 0.05) is 49.0 Å². The van der Waals surface area contributed by atoms with Crippen molar-refractivity contribution in [3.8, 4) is 22.6 Å². The number of hydrogen-bond donors (Lipinski definition) is 1. The van der Waals surface area contributed by atoms with Crippen LogP contribution >= 0.6 is 0 Å². The minimum atomic E-state index is -0.186. The zero-order chi connectivity index (χ0) is 31.6. The summed E-state index contributed by atoms with van der Waals surface area (Å²) >= 11 is 0. The van der Waals surface area contributed by atoms with Gasteiger partial charge in [-0.3, -0.25) is 9.78 Å². The number of hydrogen-bond acceptors (Lipinski definition) is 4. The number of aryl methyl sites for hydroxylation is 1. The number of rotatable bonds is 8. The Bertz CT molecular complexity index is 1840. The smallest absolute Gasteiger partial charge is 0.162 e. The number of aliphatic hydroxyl groups excluding tert-OH is 1. The summed E-state index contributed by atoms with van der Waals surface area (Å²) in [7, 11) is 0. The third kappa shape index (κ3) is 6.57. The number of fused-ring (bicyclic) bond motifs is 6. The average Bonchev–Trinajstić information content (AvgIpc) is 3.52. The Kier molecular flexibility index (Phi) is 10.9. The van der Waals surface area contributed by atoms with Gasteiger partial charge in [0.25, 0.3) is 0 Å².